The normalized spacial score (nSPS) is 17.2. The Morgan fingerprint density at radius 3 is 2.70 bits per heavy atom. The number of nitrogens with two attached hydrogens (primary N) is 1. The Labute approximate surface area is 125 Å². The van der Waals surface area contributed by atoms with E-state index >= 15 is 0 Å². The Bertz CT molecular complexity index is 534. The molecule has 0 amide bonds. The lowest BCUT2D eigenvalue weighted by atomic mass is 10.2. The van der Waals surface area contributed by atoms with E-state index in [2.05, 4.69) is 9.62 Å². The summed E-state index contributed by atoms with van der Waals surface area (Å²) in [5.74, 6) is 2.25. The SMILES string of the molecule is Cc1cccc(N)c1S(=O)(=O)NCCN1CCSCC1. The van der Waals surface area contributed by atoms with Crippen molar-refractivity contribution in [3.05, 3.63) is 23.8 Å². The summed E-state index contributed by atoms with van der Waals surface area (Å²) in [4.78, 5) is 2.48. The van der Waals surface area contributed by atoms with Crippen LogP contribution in [0.1, 0.15) is 5.56 Å². The molecule has 0 bridgehead atoms. The standard InChI is InChI=1S/C13H21N3O2S2/c1-11-3-2-4-12(14)13(11)20(17,18)15-5-6-16-7-9-19-10-8-16/h2-4,15H,5-10,14H2,1H3. The Hall–Kier alpha value is -0.760. The number of benzene rings is 1. The quantitative estimate of drug-likeness (QED) is 0.790. The fourth-order valence-electron chi connectivity index (χ4n) is 2.28. The van der Waals surface area contributed by atoms with Gasteiger partial charge in [0.15, 0.2) is 0 Å². The molecule has 1 aliphatic heterocycles. The lowest BCUT2D eigenvalue weighted by Gasteiger charge is -2.26. The van der Waals surface area contributed by atoms with Crippen LogP contribution in [0.5, 0.6) is 0 Å². The molecule has 0 atom stereocenters. The second kappa shape index (κ2) is 6.80. The first-order valence-corrected chi connectivity index (χ1v) is 9.29. The number of aryl methyl sites for hydroxylation is 1. The third kappa shape index (κ3) is 3.88. The summed E-state index contributed by atoms with van der Waals surface area (Å²) in [5, 5.41) is 0. The molecular weight excluding hydrogens is 294 g/mol. The Morgan fingerprint density at radius 1 is 1.35 bits per heavy atom. The predicted molar refractivity (Wildman–Crippen MR) is 84.5 cm³/mol. The molecule has 5 nitrogen and oxygen atoms in total. The Balaban J connectivity index is 1.97. The number of hydrogen-bond acceptors (Lipinski definition) is 5. The van der Waals surface area contributed by atoms with Gasteiger partial charge in [0.25, 0.3) is 0 Å². The van der Waals surface area contributed by atoms with Crippen molar-refractivity contribution in [3.8, 4) is 0 Å². The topological polar surface area (TPSA) is 75.4 Å². The van der Waals surface area contributed by atoms with E-state index in [1.54, 1.807) is 25.1 Å². The van der Waals surface area contributed by atoms with E-state index in [9.17, 15) is 8.42 Å². The number of anilines is 1. The minimum atomic E-state index is -3.53. The van der Waals surface area contributed by atoms with Crippen molar-refractivity contribution < 1.29 is 8.42 Å². The molecule has 1 heterocycles. The van der Waals surface area contributed by atoms with Crippen LogP contribution in [0.3, 0.4) is 0 Å². The minimum absolute atomic E-state index is 0.203. The van der Waals surface area contributed by atoms with Crippen LogP contribution in [0.2, 0.25) is 0 Å². The first kappa shape index (κ1) is 15.6. The molecule has 1 fully saturated rings. The van der Waals surface area contributed by atoms with Crippen molar-refractivity contribution in [3.63, 3.8) is 0 Å². The first-order chi connectivity index (χ1) is 9.50. The number of nitrogens with zero attached hydrogens (tertiary/aromatic N) is 1. The van der Waals surface area contributed by atoms with Crippen molar-refractivity contribution in [2.24, 2.45) is 0 Å². The molecular formula is C13H21N3O2S2. The van der Waals surface area contributed by atoms with Crippen LogP contribution in [0.4, 0.5) is 5.69 Å². The van der Waals surface area contributed by atoms with Gasteiger partial charge in [0.1, 0.15) is 4.90 Å². The van der Waals surface area contributed by atoms with Crippen molar-refractivity contribution in [1.29, 1.82) is 0 Å². The Morgan fingerprint density at radius 2 is 2.05 bits per heavy atom. The van der Waals surface area contributed by atoms with Crippen LogP contribution < -0.4 is 10.5 Å². The lowest BCUT2D eigenvalue weighted by Crippen LogP contribution is -2.39. The molecule has 112 valence electrons. The molecule has 0 unspecified atom stereocenters. The van der Waals surface area contributed by atoms with E-state index in [-0.39, 0.29) is 4.90 Å². The highest BCUT2D eigenvalue weighted by Gasteiger charge is 2.20. The number of hydrogen-bond donors (Lipinski definition) is 2. The van der Waals surface area contributed by atoms with Gasteiger partial charge in [0.05, 0.1) is 5.69 Å². The number of thioether (sulfide) groups is 1. The smallest absolute Gasteiger partial charge is 0.242 e. The Kier molecular flexibility index (Phi) is 5.31. The van der Waals surface area contributed by atoms with Gasteiger partial charge in [-0.3, -0.25) is 0 Å². The van der Waals surface area contributed by atoms with Crippen LogP contribution >= 0.6 is 11.8 Å². The molecule has 0 radical (unpaired) electrons. The third-order valence-corrected chi connectivity index (χ3v) is 5.96. The van der Waals surface area contributed by atoms with Crippen molar-refractivity contribution in [1.82, 2.24) is 9.62 Å². The maximum Gasteiger partial charge on any atom is 0.242 e. The summed E-state index contributed by atoms with van der Waals surface area (Å²) in [6.45, 7) is 4.97. The predicted octanol–water partition coefficient (Wildman–Crippen LogP) is 0.904. The molecule has 7 heteroatoms. The maximum absolute atomic E-state index is 12.3. The van der Waals surface area contributed by atoms with Gasteiger partial charge >= 0.3 is 0 Å². The second-order valence-corrected chi connectivity index (χ2v) is 7.77. The van der Waals surface area contributed by atoms with E-state index in [0.717, 1.165) is 31.1 Å². The molecule has 1 aromatic rings. The van der Waals surface area contributed by atoms with Gasteiger partial charge < -0.3 is 10.6 Å². The van der Waals surface area contributed by atoms with E-state index in [0.29, 0.717) is 17.8 Å². The number of rotatable bonds is 5. The third-order valence-electron chi connectivity index (χ3n) is 3.33. The number of sulfonamides is 1. The van der Waals surface area contributed by atoms with E-state index < -0.39 is 10.0 Å². The van der Waals surface area contributed by atoms with Crippen molar-refractivity contribution in [2.75, 3.05) is 43.4 Å². The van der Waals surface area contributed by atoms with Gasteiger partial charge in [-0.05, 0) is 18.6 Å². The molecule has 2 rings (SSSR count). The fourth-order valence-corrected chi connectivity index (χ4v) is 4.63. The highest BCUT2D eigenvalue weighted by atomic mass is 32.2. The van der Waals surface area contributed by atoms with Gasteiger partial charge in [0, 0.05) is 37.7 Å². The zero-order chi connectivity index (χ0) is 14.6. The molecule has 1 aromatic carbocycles. The average molecular weight is 315 g/mol. The van der Waals surface area contributed by atoms with Crippen LogP contribution in [0, 0.1) is 6.92 Å². The van der Waals surface area contributed by atoms with Gasteiger partial charge in [-0.1, -0.05) is 12.1 Å². The monoisotopic (exact) mass is 315 g/mol. The van der Waals surface area contributed by atoms with Crippen LogP contribution in [-0.4, -0.2) is 51.0 Å². The summed E-state index contributed by atoms with van der Waals surface area (Å²) in [7, 11) is -3.53. The molecule has 3 N–H and O–H groups in total. The summed E-state index contributed by atoms with van der Waals surface area (Å²) in [6, 6.07) is 5.13. The van der Waals surface area contributed by atoms with Gasteiger partial charge in [-0.25, -0.2) is 13.1 Å². The summed E-state index contributed by atoms with van der Waals surface area (Å²) in [5.41, 5.74) is 6.76. The summed E-state index contributed by atoms with van der Waals surface area (Å²) >= 11 is 1.94. The van der Waals surface area contributed by atoms with Crippen LogP contribution in [0.25, 0.3) is 0 Å². The van der Waals surface area contributed by atoms with Gasteiger partial charge in [-0.2, -0.15) is 11.8 Å². The van der Waals surface area contributed by atoms with Gasteiger partial charge in [-0.15, -0.1) is 0 Å². The average Bonchev–Trinajstić information content (AvgIpc) is 2.39. The first-order valence-electron chi connectivity index (χ1n) is 6.65. The number of nitrogens with one attached hydrogen (secondary N) is 1. The van der Waals surface area contributed by atoms with E-state index in [4.69, 9.17) is 5.73 Å². The van der Waals surface area contributed by atoms with Crippen LogP contribution in [0.15, 0.2) is 23.1 Å². The molecule has 0 spiro atoms. The summed E-state index contributed by atoms with van der Waals surface area (Å²) in [6.07, 6.45) is 0. The molecule has 1 aliphatic rings. The highest BCUT2D eigenvalue weighted by molar-refractivity contribution is 7.99. The highest BCUT2D eigenvalue weighted by Crippen LogP contribution is 2.21. The molecule has 0 aliphatic carbocycles. The molecule has 0 aromatic heterocycles. The summed E-state index contributed by atoms with van der Waals surface area (Å²) < 4.78 is 27.3. The van der Waals surface area contributed by atoms with Crippen LogP contribution in [-0.2, 0) is 10.0 Å². The minimum Gasteiger partial charge on any atom is -0.398 e. The fraction of sp³-hybridized carbons (Fsp3) is 0.538. The van der Waals surface area contributed by atoms with E-state index in [1.807, 2.05) is 11.8 Å². The maximum atomic E-state index is 12.3. The van der Waals surface area contributed by atoms with Crippen molar-refractivity contribution >= 4 is 27.5 Å². The lowest BCUT2D eigenvalue weighted by molar-refractivity contribution is 0.307. The largest absolute Gasteiger partial charge is 0.398 e. The molecule has 20 heavy (non-hydrogen) atoms. The molecule has 1 saturated heterocycles. The van der Waals surface area contributed by atoms with Gasteiger partial charge in [0.2, 0.25) is 10.0 Å². The zero-order valence-corrected chi connectivity index (χ0v) is 13.3. The zero-order valence-electron chi connectivity index (χ0n) is 11.6. The molecule has 0 saturated carbocycles. The van der Waals surface area contributed by atoms with E-state index in [1.165, 1.54) is 0 Å². The number of nitrogen functional groups attached to an aromatic ring is 1. The van der Waals surface area contributed by atoms with Crippen molar-refractivity contribution in [2.45, 2.75) is 11.8 Å². The second-order valence-electron chi connectivity index (χ2n) is 4.85.